The summed E-state index contributed by atoms with van der Waals surface area (Å²) in [6, 6.07) is 0. The molecular formula is C10H8F4O. The lowest BCUT2D eigenvalue weighted by atomic mass is 10.1. The molecule has 1 aromatic carbocycles. The molecular weight excluding hydrogens is 212 g/mol. The van der Waals surface area contributed by atoms with Crippen molar-refractivity contribution in [3.8, 4) is 0 Å². The summed E-state index contributed by atoms with van der Waals surface area (Å²) in [5.74, 6) is -6.14. The molecule has 1 nitrogen and oxygen atoms in total. The van der Waals surface area contributed by atoms with Crippen LogP contribution < -0.4 is 0 Å². The zero-order chi connectivity index (χ0) is 11.6. The van der Waals surface area contributed by atoms with Gasteiger partial charge in [0, 0.05) is 0 Å². The van der Waals surface area contributed by atoms with Crippen LogP contribution in [-0.2, 0) is 6.61 Å². The molecule has 1 aromatic rings. The molecule has 0 bridgehead atoms. The first-order valence-corrected chi connectivity index (χ1v) is 4.13. The minimum atomic E-state index is -1.57. The lowest BCUT2D eigenvalue weighted by molar-refractivity contribution is 0.262. The lowest BCUT2D eigenvalue weighted by Gasteiger charge is -2.07. The summed E-state index contributed by atoms with van der Waals surface area (Å²) in [5, 5.41) is 8.54. The van der Waals surface area contributed by atoms with Crippen LogP contribution in [0.15, 0.2) is 6.08 Å². The molecule has 0 unspecified atom stereocenters. The van der Waals surface area contributed by atoms with E-state index in [9.17, 15) is 17.6 Å². The molecule has 0 amide bonds. The van der Waals surface area contributed by atoms with E-state index in [2.05, 4.69) is 0 Å². The average molecular weight is 220 g/mol. The Labute approximate surface area is 83.7 Å². The SMILES string of the molecule is CC=Cc1c(F)c(F)c(CO)c(F)c1F. The van der Waals surface area contributed by atoms with Gasteiger partial charge in [-0.15, -0.1) is 0 Å². The highest BCUT2D eigenvalue weighted by atomic mass is 19.2. The van der Waals surface area contributed by atoms with Gasteiger partial charge < -0.3 is 5.11 Å². The molecule has 15 heavy (non-hydrogen) atoms. The summed E-state index contributed by atoms with van der Waals surface area (Å²) >= 11 is 0. The maximum Gasteiger partial charge on any atom is 0.169 e. The third-order valence-corrected chi connectivity index (χ3v) is 1.88. The van der Waals surface area contributed by atoms with E-state index in [1.807, 2.05) is 0 Å². The minimum absolute atomic E-state index is 0.787. The van der Waals surface area contributed by atoms with E-state index in [-0.39, 0.29) is 0 Å². The molecule has 0 aliphatic carbocycles. The smallest absolute Gasteiger partial charge is 0.169 e. The number of hydrogen-bond donors (Lipinski definition) is 1. The Balaban J connectivity index is 3.58. The molecule has 0 fully saturated rings. The van der Waals surface area contributed by atoms with Crippen LogP contribution in [0.5, 0.6) is 0 Å². The predicted molar refractivity (Wildman–Crippen MR) is 46.9 cm³/mol. The van der Waals surface area contributed by atoms with Crippen molar-refractivity contribution in [1.82, 2.24) is 0 Å². The van der Waals surface area contributed by atoms with Gasteiger partial charge in [0.15, 0.2) is 23.3 Å². The topological polar surface area (TPSA) is 20.2 Å². The van der Waals surface area contributed by atoms with Crippen molar-refractivity contribution in [2.75, 3.05) is 0 Å². The van der Waals surface area contributed by atoms with Crippen molar-refractivity contribution in [2.45, 2.75) is 13.5 Å². The van der Waals surface area contributed by atoms with E-state index in [0.29, 0.717) is 0 Å². The van der Waals surface area contributed by atoms with Crippen molar-refractivity contribution >= 4 is 6.08 Å². The van der Waals surface area contributed by atoms with Crippen LogP contribution in [0.25, 0.3) is 6.08 Å². The predicted octanol–water partition coefficient (Wildman–Crippen LogP) is 2.77. The lowest BCUT2D eigenvalue weighted by Crippen LogP contribution is -2.06. The van der Waals surface area contributed by atoms with Crippen LogP contribution in [0.2, 0.25) is 0 Å². The largest absolute Gasteiger partial charge is 0.391 e. The van der Waals surface area contributed by atoms with Crippen molar-refractivity contribution in [2.24, 2.45) is 0 Å². The molecule has 1 N–H and O–H groups in total. The van der Waals surface area contributed by atoms with Gasteiger partial charge in [0.1, 0.15) is 0 Å². The Morgan fingerprint density at radius 2 is 1.47 bits per heavy atom. The molecule has 0 saturated carbocycles. The summed E-state index contributed by atoms with van der Waals surface area (Å²) in [6.45, 7) is 0.357. The fourth-order valence-electron chi connectivity index (χ4n) is 1.15. The van der Waals surface area contributed by atoms with Gasteiger partial charge in [-0.3, -0.25) is 0 Å². The zero-order valence-electron chi connectivity index (χ0n) is 7.82. The van der Waals surface area contributed by atoms with Gasteiger partial charge in [0.2, 0.25) is 0 Å². The fraction of sp³-hybridized carbons (Fsp3) is 0.200. The van der Waals surface area contributed by atoms with Gasteiger partial charge in [0.25, 0.3) is 0 Å². The van der Waals surface area contributed by atoms with E-state index >= 15 is 0 Å². The van der Waals surface area contributed by atoms with Gasteiger partial charge in [-0.05, 0) is 6.92 Å². The molecule has 5 heteroatoms. The Bertz CT molecular complexity index is 383. The van der Waals surface area contributed by atoms with Crippen LogP contribution in [0.1, 0.15) is 18.1 Å². The molecule has 82 valence electrons. The average Bonchev–Trinajstić information content (AvgIpc) is 2.23. The number of hydrogen-bond acceptors (Lipinski definition) is 1. The van der Waals surface area contributed by atoms with E-state index in [1.54, 1.807) is 0 Å². The number of aliphatic hydroxyl groups excluding tert-OH is 1. The third kappa shape index (κ3) is 1.87. The third-order valence-electron chi connectivity index (χ3n) is 1.88. The van der Waals surface area contributed by atoms with E-state index in [0.717, 1.165) is 6.08 Å². The highest BCUT2D eigenvalue weighted by molar-refractivity contribution is 5.52. The second-order valence-corrected chi connectivity index (χ2v) is 2.81. The monoisotopic (exact) mass is 220 g/mol. The molecule has 0 aliphatic heterocycles. The van der Waals surface area contributed by atoms with E-state index in [1.165, 1.54) is 13.0 Å². The van der Waals surface area contributed by atoms with Gasteiger partial charge >= 0.3 is 0 Å². The Hall–Kier alpha value is -1.36. The molecule has 0 saturated heterocycles. The molecule has 0 aromatic heterocycles. The highest BCUT2D eigenvalue weighted by Gasteiger charge is 2.23. The van der Waals surface area contributed by atoms with E-state index in [4.69, 9.17) is 5.11 Å². The van der Waals surface area contributed by atoms with Crippen LogP contribution in [-0.4, -0.2) is 5.11 Å². The van der Waals surface area contributed by atoms with Gasteiger partial charge in [-0.2, -0.15) is 0 Å². The summed E-state index contributed by atoms with van der Waals surface area (Å²) in [4.78, 5) is 0. The van der Waals surface area contributed by atoms with Crippen molar-refractivity contribution in [3.63, 3.8) is 0 Å². The van der Waals surface area contributed by atoms with Crippen LogP contribution in [0.4, 0.5) is 17.6 Å². The number of halogens is 4. The Morgan fingerprint density at radius 1 is 1.00 bits per heavy atom. The minimum Gasteiger partial charge on any atom is -0.391 e. The quantitative estimate of drug-likeness (QED) is 0.600. The van der Waals surface area contributed by atoms with E-state index < -0.39 is 41.0 Å². The normalized spacial score (nSPS) is 11.3. The summed E-state index contributed by atoms with van der Waals surface area (Å²) in [6.07, 6.45) is 2.16. The molecule has 0 spiro atoms. The highest BCUT2D eigenvalue weighted by Crippen LogP contribution is 2.25. The Kier molecular flexibility index (Phi) is 3.47. The van der Waals surface area contributed by atoms with Gasteiger partial charge in [-0.1, -0.05) is 12.2 Å². The second-order valence-electron chi connectivity index (χ2n) is 2.81. The maximum atomic E-state index is 13.1. The first kappa shape index (κ1) is 11.7. The van der Waals surface area contributed by atoms with Crippen LogP contribution >= 0.6 is 0 Å². The zero-order valence-corrected chi connectivity index (χ0v) is 7.82. The second kappa shape index (κ2) is 4.44. The standard InChI is InChI=1S/C10H8F4O/c1-2-3-5-7(11)9(13)6(4-15)10(14)8(5)12/h2-3,15H,4H2,1H3. The number of rotatable bonds is 2. The van der Waals surface area contributed by atoms with Crippen LogP contribution in [0.3, 0.4) is 0 Å². The van der Waals surface area contributed by atoms with Crippen LogP contribution in [0, 0.1) is 23.3 Å². The number of benzene rings is 1. The van der Waals surface area contributed by atoms with Gasteiger partial charge in [-0.25, -0.2) is 17.6 Å². The number of aliphatic hydroxyl groups is 1. The fourth-order valence-corrected chi connectivity index (χ4v) is 1.15. The molecule has 0 aliphatic rings. The molecule has 1 rings (SSSR count). The molecule has 0 radical (unpaired) electrons. The summed E-state index contributed by atoms with van der Waals surface area (Å²) in [5.41, 5.74) is -1.79. The Morgan fingerprint density at radius 3 is 1.80 bits per heavy atom. The van der Waals surface area contributed by atoms with Crippen molar-refractivity contribution in [1.29, 1.82) is 0 Å². The first-order chi connectivity index (χ1) is 7.04. The maximum absolute atomic E-state index is 13.1. The summed E-state index contributed by atoms with van der Waals surface area (Å²) < 4.78 is 52.4. The first-order valence-electron chi connectivity index (χ1n) is 4.13. The van der Waals surface area contributed by atoms with Crippen molar-refractivity contribution < 1.29 is 22.7 Å². The van der Waals surface area contributed by atoms with Crippen molar-refractivity contribution in [3.05, 3.63) is 40.5 Å². The van der Waals surface area contributed by atoms with Gasteiger partial charge in [0.05, 0.1) is 17.7 Å². The number of allylic oxidation sites excluding steroid dienone is 1. The molecule has 0 heterocycles. The molecule has 0 atom stereocenters. The summed E-state index contributed by atoms with van der Waals surface area (Å²) in [7, 11) is 0.